The van der Waals surface area contributed by atoms with Crippen molar-refractivity contribution in [2.24, 2.45) is 7.05 Å². The molecular formula is C15H25F3N4O7S2. The number of hydrogen-bond acceptors (Lipinski definition) is 7. The Labute approximate surface area is 178 Å². The number of carbonyl (C=O) groups excluding carboxylic acids is 1. The fourth-order valence-electron chi connectivity index (χ4n) is 2.42. The summed E-state index contributed by atoms with van der Waals surface area (Å²) in [5.41, 5.74) is -6.22. The number of alkyl halides is 3. The van der Waals surface area contributed by atoms with Crippen LogP contribution in [-0.4, -0.2) is 77.4 Å². The van der Waals surface area contributed by atoms with Gasteiger partial charge < -0.3 is 14.2 Å². The molecule has 1 aromatic rings. The Morgan fingerprint density at radius 2 is 1.68 bits per heavy atom. The average Bonchev–Trinajstić information content (AvgIpc) is 2.99. The van der Waals surface area contributed by atoms with Crippen molar-refractivity contribution in [2.75, 3.05) is 19.6 Å². The molecule has 1 saturated heterocycles. The standard InChI is InChI=1S/C14H25N4O4S.CHF3O3S/c1-12-10-16(23(20,21)17-7-6-15(5)11-17)8-9-18(12)13(19)22-14(2,3)4;2-1(3,4)8(5,6)7/h6-7,11-12H,8-10H2,1-5H3;(H,5,6,7)/q+1;/p-1/t12-;/m0./s1. The summed E-state index contributed by atoms with van der Waals surface area (Å²) in [5, 5.41) is 0. The van der Waals surface area contributed by atoms with Gasteiger partial charge in [0, 0.05) is 25.7 Å². The lowest BCUT2D eigenvalue weighted by molar-refractivity contribution is -0.670. The SMILES string of the molecule is C[C@H]1CN(S(=O)(=O)n2cc[n+](C)c2)CCN1C(=O)OC(C)(C)C.O=S(=O)([O-])C(F)(F)F. The normalized spacial score (nSPS) is 18.9. The first-order valence-electron chi connectivity index (χ1n) is 8.81. The van der Waals surface area contributed by atoms with E-state index in [4.69, 9.17) is 17.7 Å². The van der Waals surface area contributed by atoms with Gasteiger partial charge in [0.05, 0.1) is 7.05 Å². The van der Waals surface area contributed by atoms with E-state index in [0.29, 0.717) is 6.54 Å². The molecule has 0 bridgehead atoms. The molecular weight excluding hydrogens is 469 g/mol. The molecule has 0 aromatic carbocycles. The number of piperazine rings is 1. The molecule has 1 aliphatic heterocycles. The van der Waals surface area contributed by atoms with Gasteiger partial charge >= 0.3 is 21.8 Å². The Bertz CT molecular complexity index is 985. The molecule has 0 saturated carbocycles. The maximum atomic E-state index is 12.6. The van der Waals surface area contributed by atoms with Crippen LogP contribution >= 0.6 is 0 Å². The van der Waals surface area contributed by atoms with Crippen LogP contribution in [0.1, 0.15) is 27.7 Å². The molecule has 1 atom stereocenters. The summed E-state index contributed by atoms with van der Waals surface area (Å²) in [4.78, 5) is 13.8. The Balaban J connectivity index is 0.000000512. The highest BCUT2D eigenvalue weighted by atomic mass is 32.2. The second-order valence-corrected chi connectivity index (χ2v) is 10.9. The number of aromatic nitrogens is 2. The van der Waals surface area contributed by atoms with Gasteiger partial charge in [0.1, 0.15) is 18.0 Å². The number of halogens is 3. The van der Waals surface area contributed by atoms with E-state index in [9.17, 15) is 26.4 Å². The summed E-state index contributed by atoms with van der Waals surface area (Å²) in [5.74, 6) is 0. The summed E-state index contributed by atoms with van der Waals surface area (Å²) in [6, 6.07) is -0.252. The van der Waals surface area contributed by atoms with Gasteiger partial charge in [0.2, 0.25) is 0 Å². The fourth-order valence-corrected chi connectivity index (χ4v) is 3.88. The summed E-state index contributed by atoms with van der Waals surface area (Å²) in [6.07, 6.45) is 4.26. The van der Waals surface area contributed by atoms with Gasteiger partial charge in [-0.05, 0) is 27.7 Å². The van der Waals surface area contributed by atoms with Crippen molar-refractivity contribution < 1.29 is 48.7 Å². The Kier molecular flexibility index (Phi) is 8.13. The van der Waals surface area contributed by atoms with Crippen LogP contribution in [0, 0.1) is 0 Å². The van der Waals surface area contributed by atoms with Crippen molar-refractivity contribution >= 4 is 26.4 Å². The first-order valence-corrected chi connectivity index (χ1v) is 11.6. The van der Waals surface area contributed by atoms with Crippen LogP contribution in [0.15, 0.2) is 18.7 Å². The lowest BCUT2D eigenvalue weighted by Crippen LogP contribution is -2.56. The summed E-state index contributed by atoms with van der Waals surface area (Å²) in [7, 11) is -7.94. The Hall–Kier alpha value is -1.91. The third kappa shape index (κ3) is 7.62. The zero-order chi connectivity index (χ0) is 24.4. The molecule has 2 heterocycles. The quantitative estimate of drug-likeness (QED) is 0.330. The molecule has 0 unspecified atom stereocenters. The second kappa shape index (κ2) is 9.30. The number of carbonyl (C=O) groups is 1. The minimum atomic E-state index is -6.09. The van der Waals surface area contributed by atoms with Gasteiger partial charge in [-0.15, -0.1) is 3.97 Å². The molecule has 1 aliphatic rings. The van der Waals surface area contributed by atoms with E-state index >= 15 is 0 Å². The first kappa shape index (κ1) is 27.1. The molecule has 2 rings (SSSR count). The molecule has 1 amide bonds. The highest BCUT2D eigenvalue weighted by molar-refractivity contribution is 7.87. The lowest BCUT2D eigenvalue weighted by Gasteiger charge is -2.38. The zero-order valence-corrected chi connectivity index (χ0v) is 19.2. The number of amides is 1. The van der Waals surface area contributed by atoms with Gasteiger partial charge in [0.15, 0.2) is 10.1 Å². The molecule has 0 aliphatic carbocycles. The molecule has 0 spiro atoms. The van der Waals surface area contributed by atoms with Crippen LogP contribution < -0.4 is 4.57 Å². The molecule has 16 heteroatoms. The smallest absolute Gasteiger partial charge is 0.485 e. The molecule has 1 aromatic heterocycles. The Morgan fingerprint density at radius 1 is 1.16 bits per heavy atom. The van der Waals surface area contributed by atoms with Crippen molar-refractivity contribution in [3.8, 4) is 0 Å². The van der Waals surface area contributed by atoms with Crippen LogP contribution in [0.5, 0.6) is 0 Å². The fraction of sp³-hybridized carbons (Fsp3) is 0.733. The van der Waals surface area contributed by atoms with Crippen molar-refractivity contribution in [2.45, 2.75) is 44.8 Å². The van der Waals surface area contributed by atoms with Gasteiger partial charge in [0.25, 0.3) is 6.33 Å². The predicted octanol–water partition coefficient (Wildman–Crippen LogP) is 0.398. The number of aryl methyl sites for hydroxylation is 1. The monoisotopic (exact) mass is 494 g/mol. The van der Waals surface area contributed by atoms with E-state index in [0.717, 1.165) is 0 Å². The van der Waals surface area contributed by atoms with Crippen molar-refractivity contribution in [1.29, 1.82) is 0 Å². The van der Waals surface area contributed by atoms with Crippen LogP contribution in [0.2, 0.25) is 0 Å². The molecule has 11 nitrogen and oxygen atoms in total. The number of imidazole rings is 1. The lowest BCUT2D eigenvalue weighted by atomic mass is 10.2. The molecule has 31 heavy (non-hydrogen) atoms. The predicted molar refractivity (Wildman–Crippen MR) is 99.7 cm³/mol. The highest BCUT2D eigenvalue weighted by Gasteiger charge is 2.38. The maximum Gasteiger partial charge on any atom is 0.485 e. The van der Waals surface area contributed by atoms with E-state index in [-0.39, 0.29) is 19.1 Å². The maximum absolute atomic E-state index is 12.6. The second-order valence-electron chi connectivity index (χ2n) is 7.70. The topological polar surface area (TPSA) is 133 Å². The van der Waals surface area contributed by atoms with Gasteiger partial charge in [-0.2, -0.15) is 25.9 Å². The van der Waals surface area contributed by atoms with E-state index in [1.807, 2.05) is 27.7 Å². The largest absolute Gasteiger partial charge is 0.741 e. The minimum absolute atomic E-state index is 0.240. The molecule has 0 radical (unpaired) electrons. The van der Waals surface area contributed by atoms with Gasteiger partial charge in [-0.3, -0.25) is 0 Å². The van der Waals surface area contributed by atoms with Gasteiger partial charge in [-0.1, -0.05) is 0 Å². The van der Waals surface area contributed by atoms with Crippen LogP contribution in [-0.2, 0) is 32.1 Å². The third-order valence-electron chi connectivity index (χ3n) is 3.84. The van der Waals surface area contributed by atoms with Crippen LogP contribution in [0.4, 0.5) is 18.0 Å². The van der Waals surface area contributed by atoms with E-state index < -0.39 is 37.5 Å². The third-order valence-corrected chi connectivity index (χ3v) is 6.14. The van der Waals surface area contributed by atoms with Crippen LogP contribution in [0.25, 0.3) is 0 Å². The van der Waals surface area contributed by atoms with E-state index in [2.05, 4.69) is 0 Å². The highest BCUT2D eigenvalue weighted by Crippen LogP contribution is 2.20. The summed E-state index contributed by atoms with van der Waals surface area (Å²) in [6.45, 7) is 8.04. The number of hydrogen-bond donors (Lipinski definition) is 0. The molecule has 180 valence electrons. The molecule has 1 fully saturated rings. The minimum Gasteiger partial charge on any atom is -0.741 e. The molecule has 0 N–H and O–H groups in total. The zero-order valence-electron chi connectivity index (χ0n) is 17.5. The number of rotatable bonds is 2. The average molecular weight is 495 g/mol. The van der Waals surface area contributed by atoms with Crippen LogP contribution in [0.3, 0.4) is 0 Å². The first-order chi connectivity index (χ1) is 13.8. The van der Waals surface area contributed by atoms with Crippen molar-refractivity contribution in [1.82, 2.24) is 13.2 Å². The number of ether oxygens (including phenoxy) is 1. The van der Waals surface area contributed by atoms with E-state index in [1.165, 1.54) is 20.8 Å². The summed E-state index contributed by atoms with van der Waals surface area (Å²) < 4.78 is 93.7. The van der Waals surface area contributed by atoms with E-state index in [1.54, 1.807) is 22.7 Å². The summed E-state index contributed by atoms with van der Waals surface area (Å²) >= 11 is 0. The Morgan fingerprint density at radius 3 is 2.03 bits per heavy atom. The van der Waals surface area contributed by atoms with Crippen molar-refractivity contribution in [3.05, 3.63) is 18.7 Å². The number of nitrogens with zero attached hydrogens (tertiary/aromatic N) is 4. The van der Waals surface area contributed by atoms with Gasteiger partial charge in [-0.25, -0.2) is 17.8 Å². The van der Waals surface area contributed by atoms with Crippen molar-refractivity contribution in [3.63, 3.8) is 0 Å².